The minimum absolute atomic E-state index is 0.0641. The topological polar surface area (TPSA) is 103 Å². The molecule has 2 aromatic carbocycles. The molecule has 3 heterocycles. The first kappa shape index (κ1) is 20.3. The summed E-state index contributed by atoms with van der Waals surface area (Å²) in [5, 5.41) is 12.2. The third kappa shape index (κ3) is 3.63. The highest BCUT2D eigenvalue weighted by Crippen LogP contribution is 2.34. The van der Waals surface area contributed by atoms with Gasteiger partial charge in [0.25, 0.3) is 11.2 Å². The van der Waals surface area contributed by atoms with Gasteiger partial charge in [-0.3, -0.25) is 14.9 Å². The van der Waals surface area contributed by atoms with E-state index in [2.05, 4.69) is 15.0 Å². The molecule has 8 nitrogen and oxygen atoms in total. The Morgan fingerprint density at radius 2 is 1.81 bits per heavy atom. The molecule has 10 heteroatoms. The second kappa shape index (κ2) is 7.81. The van der Waals surface area contributed by atoms with E-state index in [-0.39, 0.29) is 11.2 Å². The van der Waals surface area contributed by atoms with Crippen LogP contribution < -0.4 is 10.1 Å². The van der Waals surface area contributed by atoms with E-state index in [0.29, 0.717) is 25.1 Å². The van der Waals surface area contributed by atoms with Crippen molar-refractivity contribution in [1.82, 2.24) is 19.4 Å². The number of benzene rings is 2. The van der Waals surface area contributed by atoms with Gasteiger partial charge in [0.05, 0.1) is 25.4 Å². The van der Waals surface area contributed by atoms with E-state index in [1.807, 2.05) is 44.2 Å². The maximum atomic E-state index is 12.9. The maximum Gasteiger partial charge on any atom is 0.283 e. The number of fused-ring (bicyclic) bond motifs is 3. The maximum absolute atomic E-state index is 12.9. The average Bonchev–Trinajstić information content (AvgIpc) is 3.24. The lowest BCUT2D eigenvalue weighted by Gasteiger charge is -2.05. The molecule has 0 N–H and O–H groups in total. The van der Waals surface area contributed by atoms with E-state index < -0.39 is 4.92 Å². The highest BCUT2D eigenvalue weighted by Gasteiger charge is 2.17. The Labute approximate surface area is 189 Å². The van der Waals surface area contributed by atoms with Crippen LogP contribution in [0.15, 0.2) is 63.4 Å². The van der Waals surface area contributed by atoms with Crippen molar-refractivity contribution in [3.63, 3.8) is 0 Å². The molecule has 0 unspecified atom stereocenters. The first-order valence-corrected chi connectivity index (χ1v) is 11.2. The van der Waals surface area contributed by atoms with Gasteiger partial charge in [0, 0.05) is 17.5 Å². The molecule has 0 saturated carbocycles. The van der Waals surface area contributed by atoms with E-state index >= 15 is 0 Å². The number of aromatic nitrogens is 4. The molecule has 0 bridgehead atoms. The normalized spacial score (nSPS) is 12.1. The number of aryl methyl sites for hydroxylation is 2. The molecule has 158 valence electrons. The summed E-state index contributed by atoms with van der Waals surface area (Å²) in [6, 6.07) is 14.2. The molecule has 0 aliphatic carbocycles. The largest absolute Gasteiger partial charge is 0.283 e. The van der Waals surface area contributed by atoms with E-state index in [1.54, 1.807) is 22.6 Å². The number of imidazole rings is 1. The van der Waals surface area contributed by atoms with Gasteiger partial charge in [0.15, 0.2) is 10.1 Å². The van der Waals surface area contributed by atoms with Gasteiger partial charge in [-0.05, 0) is 61.5 Å². The summed E-state index contributed by atoms with van der Waals surface area (Å²) in [6.07, 6.45) is 1.66. The Bertz CT molecular complexity index is 1620. The van der Waals surface area contributed by atoms with E-state index in [9.17, 15) is 14.9 Å². The summed E-state index contributed by atoms with van der Waals surface area (Å²) in [7, 11) is 0. The summed E-state index contributed by atoms with van der Waals surface area (Å²) >= 11 is 2.40. The lowest BCUT2D eigenvalue weighted by Crippen LogP contribution is -2.22. The van der Waals surface area contributed by atoms with Gasteiger partial charge in [-0.2, -0.15) is 0 Å². The Morgan fingerprint density at radius 3 is 2.56 bits per heavy atom. The van der Waals surface area contributed by atoms with Crippen molar-refractivity contribution in [3.05, 3.63) is 90.5 Å². The van der Waals surface area contributed by atoms with E-state index in [4.69, 9.17) is 0 Å². The number of hydrogen-bond donors (Lipinski definition) is 0. The predicted molar refractivity (Wildman–Crippen MR) is 124 cm³/mol. The van der Waals surface area contributed by atoms with Crippen LogP contribution in [0.4, 0.5) is 5.69 Å². The van der Waals surface area contributed by atoms with Crippen molar-refractivity contribution in [3.8, 4) is 0 Å². The summed E-state index contributed by atoms with van der Waals surface area (Å²) in [5.41, 5.74) is 3.40. The molecule has 0 saturated heterocycles. The van der Waals surface area contributed by atoms with Crippen molar-refractivity contribution in [1.29, 1.82) is 0 Å². The second-order valence-electron chi connectivity index (χ2n) is 7.15. The summed E-state index contributed by atoms with van der Waals surface area (Å²) in [6.45, 7) is 3.71. The third-order valence-electron chi connectivity index (χ3n) is 4.79. The number of thiazole rings is 1. The van der Waals surface area contributed by atoms with Crippen molar-refractivity contribution in [2.24, 2.45) is 0 Å². The first-order chi connectivity index (χ1) is 15.4. The molecule has 5 rings (SSSR count). The number of nitro groups is 1. The van der Waals surface area contributed by atoms with Crippen molar-refractivity contribution < 1.29 is 4.92 Å². The molecular weight excluding hydrogens is 446 g/mol. The van der Waals surface area contributed by atoms with Crippen LogP contribution in [0.3, 0.4) is 0 Å². The zero-order valence-electron chi connectivity index (χ0n) is 17.0. The molecule has 0 radical (unpaired) electrons. The molecule has 5 aromatic rings. The van der Waals surface area contributed by atoms with Gasteiger partial charge in [0.1, 0.15) is 0 Å². The summed E-state index contributed by atoms with van der Waals surface area (Å²) in [4.78, 5) is 38.5. The molecule has 0 amide bonds. The van der Waals surface area contributed by atoms with Crippen LogP contribution in [0.25, 0.3) is 22.1 Å². The number of para-hydroxylation sites is 2. The van der Waals surface area contributed by atoms with Gasteiger partial charge >= 0.3 is 0 Å². The molecule has 0 aliphatic rings. The van der Waals surface area contributed by atoms with Gasteiger partial charge in [-0.25, -0.2) is 19.4 Å². The average molecular weight is 462 g/mol. The minimum Gasteiger partial charge on any atom is -0.267 e. The van der Waals surface area contributed by atoms with Gasteiger partial charge in [0.2, 0.25) is 0 Å². The van der Waals surface area contributed by atoms with Crippen LogP contribution in [-0.2, 0) is 0 Å². The van der Waals surface area contributed by atoms with Crippen LogP contribution in [0.1, 0.15) is 17.0 Å². The van der Waals surface area contributed by atoms with Crippen molar-refractivity contribution >= 4 is 50.9 Å². The number of nitro benzene ring substituents is 1. The highest BCUT2D eigenvalue weighted by molar-refractivity contribution is 7.99. The van der Waals surface area contributed by atoms with Crippen LogP contribution >= 0.6 is 23.1 Å². The van der Waals surface area contributed by atoms with E-state index in [0.717, 1.165) is 34.2 Å². The summed E-state index contributed by atoms with van der Waals surface area (Å²) in [5.74, 6) is 0. The molecule has 0 fully saturated rings. The Hall–Kier alpha value is -3.63. The zero-order chi connectivity index (χ0) is 22.4. The Morgan fingerprint density at radius 1 is 1.06 bits per heavy atom. The van der Waals surface area contributed by atoms with Crippen LogP contribution in [0.2, 0.25) is 0 Å². The SMILES string of the molecule is Cc1cc(C)nc(Sc2ccc(/C=c3/sc4nc5ccccc5n4c3=O)cc2[N+](=O)[O-])n1. The minimum atomic E-state index is -0.435. The fourth-order valence-corrected chi connectivity index (χ4v) is 5.39. The van der Waals surface area contributed by atoms with Gasteiger partial charge < -0.3 is 0 Å². The fraction of sp³-hybridized carbons (Fsp3) is 0.0909. The highest BCUT2D eigenvalue weighted by atomic mass is 32.2. The zero-order valence-corrected chi connectivity index (χ0v) is 18.6. The number of hydrogen-bond acceptors (Lipinski definition) is 8. The molecule has 0 aliphatic heterocycles. The Balaban J connectivity index is 1.58. The van der Waals surface area contributed by atoms with Crippen LogP contribution in [0.5, 0.6) is 0 Å². The third-order valence-corrected chi connectivity index (χ3v) is 6.68. The van der Waals surface area contributed by atoms with Gasteiger partial charge in [-0.15, -0.1) is 0 Å². The molecule has 0 spiro atoms. The molecule has 32 heavy (non-hydrogen) atoms. The molecular formula is C22H15N5O3S2. The van der Waals surface area contributed by atoms with Gasteiger partial charge in [-0.1, -0.05) is 29.5 Å². The molecule has 0 atom stereocenters. The monoisotopic (exact) mass is 461 g/mol. The molecule has 3 aromatic heterocycles. The lowest BCUT2D eigenvalue weighted by molar-refractivity contribution is -0.387. The van der Waals surface area contributed by atoms with Crippen molar-refractivity contribution in [2.75, 3.05) is 0 Å². The first-order valence-electron chi connectivity index (χ1n) is 9.59. The van der Waals surface area contributed by atoms with Crippen LogP contribution in [0, 0.1) is 24.0 Å². The summed E-state index contributed by atoms with van der Waals surface area (Å²) < 4.78 is 2.03. The fourth-order valence-electron chi connectivity index (χ4n) is 3.45. The standard InChI is InChI=1S/C22H15N5O3S2/c1-12-9-13(2)24-21(23-12)31-18-8-7-14(10-17(18)27(29)30)11-19-20(28)26-16-6-4-3-5-15(16)25-22(26)32-19/h3-11H,1-2H3/b19-11+. The predicted octanol–water partition coefficient (Wildman–Crippen LogP) is 3.92. The number of nitrogens with zero attached hydrogens (tertiary/aromatic N) is 5. The smallest absolute Gasteiger partial charge is 0.267 e. The second-order valence-corrected chi connectivity index (χ2v) is 9.17. The quantitative estimate of drug-likeness (QED) is 0.227. The number of rotatable bonds is 4. The van der Waals surface area contributed by atoms with E-state index in [1.165, 1.54) is 17.4 Å². The van der Waals surface area contributed by atoms with Crippen LogP contribution in [-0.4, -0.2) is 24.3 Å². The Kier molecular flexibility index (Phi) is 4.95. The van der Waals surface area contributed by atoms with Crippen molar-refractivity contribution in [2.45, 2.75) is 23.9 Å². The lowest BCUT2D eigenvalue weighted by atomic mass is 10.2.